The molecular formula is C27H29N5O3. The predicted octanol–water partition coefficient (Wildman–Crippen LogP) is 3.47. The number of piperazine rings is 1. The molecule has 1 aromatic carbocycles. The molecule has 5 heterocycles. The van der Waals surface area contributed by atoms with Gasteiger partial charge in [0.05, 0.1) is 11.3 Å². The maximum absolute atomic E-state index is 13.5. The number of carbonyl (C=O) groups excluding carboxylic acids is 1. The Hall–Kier alpha value is -3.78. The molecule has 0 radical (unpaired) electrons. The van der Waals surface area contributed by atoms with Gasteiger partial charge in [0.25, 0.3) is 5.91 Å². The van der Waals surface area contributed by atoms with Gasteiger partial charge in [-0.2, -0.15) is 0 Å². The van der Waals surface area contributed by atoms with E-state index in [2.05, 4.69) is 15.7 Å². The van der Waals surface area contributed by atoms with Crippen molar-refractivity contribution in [2.75, 3.05) is 39.4 Å². The van der Waals surface area contributed by atoms with Gasteiger partial charge in [0.2, 0.25) is 0 Å². The summed E-state index contributed by atoms with van der Waals surface area (Å²) < 4.78 is 15.6. The number of hydrogen-bond donors (Lipinski definition) is 0. The van der Waals surface area contributed by atoms with E-state index in [1.54, 1.807) is 0 Å². The Morgan fingerprint density at radius 3 is 2.57 bits per heavy atom. The van der Waals surface area contributed by atoms with Gasteiger partial charge in [0.15, 0.2) is 11.5 Å². The zero-order valence-corrected chi connectivity index (χ0v) is 20.1. The lowest BCUT2D eigenvalue weighted by molar-refractivity contribution is 0.0626. The Bertz CT molecular complexity index is 1360. The number of ether oxygens (including phenoxy) is 2. The number of rotatable bonds is 4. The molecule has 8 nitrogen and oxygen atoms in total. The van der Waals surface area contributed by atoms with E-state index in [4.69, 9.17) is 14.5 Å². The lowest BCUT2D eigenvalue weighted by Gasteiger charge is -2.34. The average Bonchev–Trinajstić information content (AvgIpc) is 3.43. The second-order valence-corrected chi connectivity index (χ2v) is 9.21. The molecule has 0 saturated carbocycles. The van der Waals surface area contributed by atoms with E-state index < -0.39 is 0 Å². The van der Waals surface area contributed by atoms with E-state index in [9.17, 15) is 4.79 Å². The van der Waals surface area contributed by atoms with Crippen LogP contribution in [0.3, 0.4) is 0 Å². The number of hydrogen-bond acceptors (Lipinski definition) is 5. The molecule has 1 saturated heterocycles. The number of aromatic nitrogens is 3. The molecule has 0 bridgehead atoms. The molecule has 3 aromatic heterocycles. The maximum atomic E-state index is 13.5. The lowest BCUT2D eigenvalue weighted by Crippen LogP contribution is -2.48. The molecule has 35 heavy (non-hydrogen) atoms. The molecule has 0 N–H and O–H groups in total. The van der Waals surface area contributed by atoms with Crippen molar-refractivity contribution in [1.29, 1.82) is 0 Å². The summed E-state index contributed by atoms with van der Waals surface area (Å²) >= 11 is 0. The fourth-order valence-corrected chi connectivity index (χ4v) is 5.12. The number of pyridine rings is 1. The van der Waals surface area contributed by atoms with Crippen LogP contribution in [0, 0.1) is 13.8 Å². The third-order valence-electron chi connectivity index (χ3n) is 6.90. The number of aryl methyl sites for hydroxylation is 1. The Balaban J connectivity index is 1.15. The Kier molecular flexibility index (Phi) is 5.45. The van der Waals surface area contributed by atoms with Crippen molar-refractivity contribution < 1.29 is 14.3 Å². The number of nitrogens with zero attached hydrogens (tertiary/aromatic N) is 5. The van der Waals surface area contributed by atoms with Crippen LogP contribution in [0.25, 0.3) is 11.3 Å². The fourth-order valence-electron chi connectivity index (χ4n) is 5.12. The molecule has 2 aliphatic rings. The first-order valence-electron chi connectivity index (χ1n) is 12.1. The van der Waals surface area contributed by atoms with Gasteiger partial charge in [0, 0.05) is 68.3 Å². The highest BCUT2D eigenvalue weighted by Gasteiger charge is 2.26. The topological polar surface area (TPSA) is 64.2 Å². The summed E-state index contributed by atoms with van der Waals surface area (Å²) in [4.78, 5) is 22.5. The van der Waals surface area contributed by atoms with Crippen LogP contribution in [0.15, 0.2) is 54.9 Å². The molecule has 0 spiro atoms. The van der Waals surface area contributed by atoms with Crippen LogP contribution in [0.2, 0.25) is 0 Å². The molecule has 8 heteroatoms. The third-order valence-corrected chi connectivity index (χ3v) is 6.90. The zero-order chi connectivity index (χ0) is 23.9. The molecule has 6 rings (SSSR count). The summed E-state index contributed by atoms with van der Waals surface area (Å²) in [7, 11) is 0. The number of amides is 1. The molecule has 0 unspecified atom stereocenters. The largest absolute Gasteiger partial charge is 0.486 e. The van der Waals surface area contributed by atoms with E-state index in [0.717, 1.165) is 65.1 Å². The first-order valence-corrected chi connectivity index (χ1v) is 12.1. The van der Waals surface area contributed by atoms with Gasteiger partial charge in [0.1, 0.15) is 18.9 Å². The highest BCUT2D eigenvalue weighted by molar-refractivity contribution is 5.96. The van der Waals surface area contributed by atoms with Crippen LogP contribution < -0.4 is 9.47 Å². The van der Waals surface area contributed by atoms with Gasteiger partial charge in [-0.15, -0.1) is 0 Å². The van der Waals surface area contributed by atoms with Gasteiger partial charge in [-0.1, -0.05) is 6.07 Å². The number of fused-ring (bicyclic) bond motifs is 2. The van der Waals surface area contributed by atoms with Gasteiger partial charge < -0.3 is 23.3 Å². The van der Waals surface area contributed by atoms with Crippen LogP contribution in [0.1, 0.15) is 27.4 Å². The highest BCUT2D eigenvalue weighted by Crippen LogP contribution is 2.33. The summed E-state index contributed by atoms with van der Waals surface area (Å²) in [5.74, 6) is 1.60. The van der Waals surface area contributed by atoms with E-state index in [1.165, 1.54) is 0 Å². The normalized spacial score (nSPS) is 16.1. The lowest BCUT2D eigenvalue weighted by atomic mass is 10.2. The zero-order valence-electron chi connectivity index (χ0n) is 20.1. The second kappa shape index (κ2) is 8.78. The fraction of sp³-hybridized carbons (Fsp3) is 0.333. The summed E-state index contributed by atoms with van der Waals surface area (Å²) in [6.45, 7) is 9.04. The number of benzene rings is 1. The van der Waals surface area contributed by atoms with Crippen molar-refractivity contribution in [1.82, 2.24) is 23.8 Å². The molecule has 0 atom stereocenters. The highest BCUT2D eigenvalue weighted by atomic mass is 16.6. The molecule has 1 fully saturated rings. The third kappa shape index (κ3) is 4.04. The smallest absolute Gasteiger partial charge is 0.255 e. The quantitative estimate of drug-likeness (QED) is 0.456. The van der Waals surface area contributed by atoms with E-state index in [0.29, 0.717) is 26.3 Å². The Morgan fingerprint density at radius 1 is 0.971 bits per heavy atom. The van der Waals surface area contributed by atoms with Crippen LogP contribution in [-0.2, 0) is 6.54 Å². The van der Waals surface area contributed by atoms with E-state index in [1.807, 2.05) is 71.8 Å². The molecule has 2 aliphatic heterocycles. The second-order valence-electron chi connectivity index (χ2n) is 9.21. The van der Waals surface area contributed by atoms with Crippen molar-refractivity contribution in [2.24, 2.45) is 0 Å². The molecular weight excluding hydrogens is 442 g/mol. The van der Waals surface area contributed by atoms with Crippen molar-refractivity contribution in [3.8, 4) is 17.2 Å². The van der Waals surface area contributed by atoms with E-state index >= 15 is 0 Å². The standard InChI is InChI=1S/C27H29N5O3/c1-19-15-23(20(2)32(19)22-6-7-24-25(16-22)35-14-13-34-24)27(33)30-11-9-29(10-12-30)17-21-18-31-8-4-3-5-26(31)28-21/h3-8,15-16,18H,9-14,17H2,1-2H3. The Labute approximate surface area is 204 Å². The number of imidazole rings is 1. The van der Waals surface area contributed by atoms with Crippen molar-refractivity contribution in [3.63, 3.8) is 0 Å². The van der Waals surface area contributed by atoms with Gasteiger partial charge >= 0.3 is 0 Å². The minimum Gasteiger partial charge on any atom is -0.486 e. The first kappa shape index (κ1) is 21.7. The molecule has 1 amide bonds. The van der Waals surface area contributed by atoms with Gasteiger partial charge in [-0.3, -0.25) is 9.69 Å². The van der Waals surface area contributed by atoms with Gasteiger partial charge in [-0.05, 0) is 44.2 Å². The summed E-state index contributed by atoms with van der Waals surface area (Å²) in [6.07, 6.45) is 4.10. The molecule has 180 valence electrons. The van der Waals surface area contributed by atoms with Crippen LogP contribution in [0.4, 0.5) is 0 Å². The van der Waals surface area contributed by atoms with E-state index in [-0.39, 0.29) is 5.91 Å². The molecule has 4 aromatic rings. The average molecular weight is 472 g/mol. The van der Waals surface area contributed by atoms with Gasteiger partial charge in [-0.25, -0.2) is 4.98 Å². The van der Waals surface area contributed by atoms with Crippen LogP contribution >= 0.6 is 0 Å². The summed E-state index contributed by atoms with van der Waals surface area (Å²) in [5, 5.41) is 0. The van der Waals surface area contributed by atoms with Crippen LogP contribution in [-0.4, -0.2) is 69.1 Å². The van der Waals surface area contributed by atoms with Crippen molar-refractivity contribution >= 4 is 11.6 Å². The minimum atomic E-state index is 0.0919. The van der Waals surface area contributed by atoms with Crippen molar-refractivity contribution in [3.05, 3.63) is 77.5 Å². The van der Waals surface area contributed by atoms with Crippen LogP contribution in [0.5, 0.6) is 11.5 Å². The minimum absolute atomic E-state index is 0.0919. The Morgan fingerprint density at radius 2 is 1.77 bits per heavy atom. The maximum Gasteiger partial charge on any atom is 0.255 e. The summed E-state index contributed by atoms with van der Waals surface area (Å²) in [6, 6.07) is 14.0. The van der Waals surface area contributed by atoms with Crippen molar-refractivity contribution in [2.45, 2.75) is 20.4 Å². The molecule has 0 aliphatic carbocycles. The first-order chi connectivity index (χ1) is 17.1. The SMILES string of the molecule is Cc1cc(C(=O)N2CCN(Cc3cn4ccccc4n3)CC2)c(C)n1-c1ccc2c(c1)OCCO2. The number of carbonyl (C=O) groups is 1. The monoisotopic (exact) mass is 471 g/mol. The summed E-state index contributed by atoms with van der Waals surface area (Å²) in [5.41, 5.74) is 5.71. The predicted molar refractivity (Wildman–Crippen MR) is 133 cm³/mol.